The molecule has 5 nitrogen and oxygen atoms in total. The summed E-state index contributed by atoms with van der Waals surface area (Å²) in [5.74, 6) is -0.105. The second-order valence-electron chi connectivity index (χ2n) is 4.10. The minimum atomic E-state index is -0.564. The van der Waals surface area contributed by atoms with Crippen molar-refractivity contribution in [2.75, 3.05) is 13.7 Å². The van der Waals surface area contributed by atoms with E-state index in [4.69, 9.17) is 5.73 Å². The summed E-state index contributed by atoms with van der Waals surface area (Å²) in [6, 6.07) is 0. The van der Waals surface area contributed by atoms with Gasteiger partial charge in [0, 0.05) is 0 Å². The van der Waals surface area contributed by atoms with Gasteiger partial charge in [0.1, 0.15) is 0 Å². The molecule has 0 aromatic rings. The first-order chi connectivity index (χ1) is 7.19. The zero-order valence-electron chi connectivity index (χ0n) is 9.11. The Kier molecular flexibility index (Phi) is 5.01. The highest BCUT2D eigenvalue weighted by Crippen LogP contribution is 2.30. The molecule has 0 aromatic heterocycles. The van der Waals surface area contributed by atoms with Crippen LogP contribution in [0.3, 0.4) is 0 Å². The highest BCUT2D eigenvalue weighted by atomic mass is 16.6. The van der Waals surface area contributed by atoms with Crippen LogP contribution >= 0.6 is 0 Å². The quantitative estimate of drug-likeness (QED) is 0.568. The molecule has 3 atom stereocenters. The Hall–Kier alpha value is -0.650. The molecule has 0 heterocycles. The van der Waals surface area contributed by atoms with Gasteiger partial charge < -0.3 is 10.8 Å². The molecule has 1 aliphatic rings. The van der Waals surface area contributed by atoms with Gasteiger partial charge in [-0.25, -0.2) is 5.48 Å². The molecule has 1 fully saturated rings. The molecule has 0 radical (unpaired) electrons. The summed E-state index contributed by atoms with van der Waals surface area (Å²) in [6.45, 7) is 0.645. The lowest BCUT2D eigenvalue weighted by molar-refractivity contribution is -0.141. The molecule has 15 heavy (non-hydrogen) atoms. The lowest BCUT2D eigenvalue weighted by Crippen LogP contribution is -2.41. The second-order valence-corrected chi connectivity index (χ2v) is 4.10. The fourth-order valence-corrected chi connectivity index (χ4v) is 2.21. The Balaban J connectivity index is 2.41. The van der Waals surface area contributed by atoms with E-state index >= 15 is 0 Å². The molecular formula is C10H20N2O3. The molecule has 3 unspecified atom stereocenters. The van der Waals surface area contributed by atoms with Gasteiger partial charge in [0.15, 0.2) is 0 Å². The molecule has 4 N–H and O–H groups in total. The Morgan fingerprint density at radius 3 is 2.87 bits per heavy atom. The summed E-state index contributed by atoms with van der Waals surface area (Å²) >= 11 is 0. The molecule has 0 aliphatic heterocycles. The number of aliphatic hydroxyl groups excluding tert-OH is 1. The SMILES string of the molecule is CONC(=O)C1CCC(CCN)CC1O. The normalized spacial score (nSPS) is 31.3. The average Bonchev–Trinajstić information content (AvgIpc) is 2.18. The third-order valence-electron chi connectivity index (χ3n) is 3.04. The van der Waals surface area contributed by atoms with Gasteiger partial charge in [-0.1, -0.05) is 0 Å². The third-order valence-corrected chi connectivity index (χ3v) is 3.04. The Labute approximate surface area is 89.9 Å². The van der Waals surface area contributed by atoms with E-state index in [1.807, 2.05) is 0 Å². The van der Waals surface area contributed by atoms with Crippen LogP contribution in [0.4, 0.5) is 0 Å². The van der Waals surface area contributed by atoms with Crippen molar-refractivity contribution in [3.8, 4) is 0 Å². The lowest BCUT2D eigenvalue weighted by Gasteiger charge is -2.31. The maximum atomic E-state index is 11.5. The average molecular weight is 216 g/mol. The Morgan fingerprint density at radius 2 is 2.33 bits per heavy atom. The predicted octanol–water partition coefficient (Wildman–Crippen LogP) is -0.210. The molecule has 1 aliphatic carbocycles. The van der Waals surface area contributed by atoms with Crippen LogP contribution in [-0.2, 0) is 9.63 Å². The summed E-state index contributed by atoms with van der Waals surface area (Å²) in [5, 5.41) is 9.81. The zero-order chi connectivity index (χ0) is 11.3. The molecule has 0 aromatic carbocycles. The maximum absolute atomic E-state index is 11.5. The van der Waals surface area contributed by atoms with Crippen molar-refractivity contribution in [2.24, 2.45) is 17.6 Å². The van der Waals surface area contributed by atoms with Crippen LogP contribution in [0.5, 0.6) is 0 Å². The van der Waals surface area contributed by atoms with E-state index in [0.29, 0.717) is 25.3 Å². The zero-order valence-corrected chi connectivity index (χ0v) is 9.11. The number of carbonyl (C=O) groups excluding carboxylic acids is 1. The van der Waals surface area contributed by atoms with Crippen LogP contribution in [0.25, 0.3) is 0 Å². The Morgan fingerprint density at radius 1 is 1.60 bits per heavy atom. The van der Waals surface area contributed by atoms with Crippen LogP contribution in [-0.4, -0.2) is 30.8 Å². The number of hydroxylamine groups is 1. The molecule has 88 valence electrons. The molecule has 0 saturated heterocycles. The fourth-order valence-electron chi connectivity index (χ4n) is 2.21. The van der Waals surface area contributed by atoms with Crippen molar-refractivity contribution < 1.29 is 14.7 Å². The number of nitrogens with two attached hydrogens (primary N) is 1. The van der Waals surface area contributed by atoms with E-state index in [9.17, 15) is 9.90 Å². The van der Waals surface area contributed by atoms with E-state index in [0.717, 1.165) is 12.8 Å². The summed E-state index contributed by atoms with van der Waals surface area (Å²) in [5.41, 5.74) is 7.73. The minimum absolute atomic E-state index is 0.226. The van der Waals surface area contributed by atoms with E-state index in [-0.39, 0.29) is 11.8 Å². The van der Waals surface area contributed by atoms with Crippen molar-refractivity contribution in [3.63, 3.8) is 0 Å². The first kappa shape index (κ1) is 12.4. The monoisotopic (exact) mass is 216 g/mol. The summed E-state index contributed by atoms with van der Waals surface area (Å²) in [6.07, 6.45) is 2.69. The molecule has 1 amide bonds. The van der Waals surface area contributed by atoms with Gasteiger partial charge in [0.2, 0.25) is 5.91 Å². The lowest BCUT2D eigenvalue weighted by atomic mass is 9.78. The van der Waals surface area contributed by atoms with E-state index < -0.39 is 6.10 Å². The largest absolute Gasteiger partial charge is 0.392 e. The predicted molar refractivity (Wildman–Crippen MR) is 55.7 cm³/mol. The van der Waals surface area contributed by atoms with Crippen LogP contribution in [0.15, 0.2) is 0 Å². The van der Waals surface area contributed by atoms with Crippen molar-refractivity contribution in [1.29, 1.82) is 0 Å². The third kappa shape index (κ3) is 3.44. The maximum Gasteiger partial charge on any atom is 0.249 e. The highest BCUT2D eigenvalue weighted by Gasteiger charge is 2.33. The molecule has 1 saturated carbocycles. The van der Waals surface area contributed by atoms with Gasteiger partial charge >= 0.3 is 0 Å². The number of aliphatic hydroxyl groups is 1. The topological polar surface area (TPSA) is 84.6 Å². The Bertz CT molecular complexity index is 211. The van der Waals surface area contributed by atoms with Crippen molar-refractivity contribution >= 4 is 5.91 Å². The van der Waals surface area contributed by atoms with Crippen LogP contribution in [0.2, 0.25) is 0 Å². The van der Waals surface area contributed by atoms with Gasteiger partial charge in [-0.2, -0.15) is 0 Å². The first-order valence-electron chi connectivity index (χ1n) is 5.40. The van der Waals surface area contributed by atoms with Gasteiger partial charge in [0.25, 0.3) is 0 Å². The summed E-state index contributed by atoms with van der Waals surface area (Å²) in [4.78, 5) is 16.0. The second kappa shape index (κ2) is 6.05. The fraction of sp³-hybridized carbons (Fsp3) is 0.900. The number of hydrogen-bond donors (Lipinski definition) is 3. The number of amides is 1. The van der Waals surface area contributed by atoms with Crippen LogP contribution in [0.1, 0.15) is 25.7 Å². The number of nitrogens with one attached hydrogen (secondary N) is 1. The van der Waals surface area contributed by atoms with Crippen molar-refractivity contribution in [3.05, 3.63) is 0 Å². The van der Waals surface area contributed by atoms with Crippen molar-refractivity contribution in [2.45, 2.75) is 31.8 Å². The van der Waals surface area contributed by atoms with Gasteiger partial charge in [-0.15, -0.1) is 0 Å². The summed E-state index contributed by atoms with van der Waals surface area (Å²) in [7, 11) is 1.39. The van der Waals surface area contributed by atoms with Gasteiger partial charge in [0.05, 0.1) is 19.1 Å². The summed E-state index contributed by atoms with van der Waals surface area (Å²) < 4.78 is 0. The van der Waals surface area contributed by atoms with Gasteiger partial charge in [-0.3, -0.25) is 9.63 Å². The minimum Gasteiger partial charge on any atom is -0.392 e. The smallest absolute Gasteiger partial charge is 0.249 e. The van der Waals surface area contributed by atoms with Crippen LogP contribution < -0.4 is 11.2 Å². The molecule has 0 spiro atoms. The molecular weight excluding hydrogens is 196 g/mol. The number of rotatable bonds is 4. The first-order valence-corrected chi connectivity index (χ1v) is 5.40. The van der Waals surface area contributed by atoms with E-state index in [1.165, 1.54) is 7.11 Å². The number of hydrogen-bond acceptors (Lipinski definition) is 4. The van der Waals surface area contributed by atoms with E-state index in [2.05, 4.69) is 10.3 Å². The van der Waals surface area contributed by atoms with Crippen LogP contribution in [0, 0.1) is 11.8 Å². The van der Waals surface area contributed by atoms with E-state index in [1.54, 1.807) is 0 Å². The van der Waals surface area contributed by atoms with Gasteiger partial charge in [-0.05, 0) is 38.1 Å². The molecule has 1 rings (SSSR count). The molecule has 5 heteroatoms. The van der Waals surface area contributed by atoms with Crippen molar-refractivity contribution in [1.82, 2.24) is 5.48 Å². The molecule has 0 bridgehead atoms. The standard InChI is InChI=1S/C10H20N2O3/c1-15-12-10(14)8-3-2-7(4-5-11)6-9(8)13/h7-9,13H,2-6,11H2,1H3,(H,12,14). The highest BCUT2D eigenvalue weighted by molar-refractivity contribution is 5.78. The number of carbonyl (C=O) groups is 1.